The molecule has 0 spiro atoms. The van der Waals surface area contributed by atoms with Crippen LogP contribution >= 0.6 is 23.2 Å². The van der Waals surface area contributed by atoms with Gasteiger partial charge in [-0.15, -0.1) is 0 Å². The van der Waals surface area contributed by atoms with Crippen LogP contribution in [0.25, 0.3) is 0 Å². The first-order valence-corrected chi connectivity index (χ1v) is 11.8. The number of sulfonamides is 1. The number of hydrogen-bond acceptors (Lipinski definition) is 3. The van der Waals surface area contributed by atoms with Crippen LogP contribution in [0.3, 0.4) is 0 Å². The van der Waals surface area contributed by atoms with Gasteiger partial charge in [0.2, 0.25) is 15.9 Å². The molecule has 1 fully saturated rings. The highest BCUT2D eigenvalue weighted by Crippen LogP contribution is 2.34. The van der Waals surface area contributed by atoms with E-state index in [1.54, 1.807) is 30.1 Å². The summed E-state index contributed by atoms with van der Waals surface area (Å²) in [7, 11) is -2.14. The van der Waals surface area contributed by atoms with Gasteiger partial charge in [0.15, 0.2) is 0 Å². The Kier molecular flexibility index (Phi) is 7.07. The first kappa shape index (κ1) is 23.0. The maximum Gasteiger partial charge on any atom is 0.246 e. The summed E-state index contributed by atoms with van der Waals surface area (Å²) < 4.78 is 40.5. The molecule has 1 aliphatic rings. The molecule has 1 aliphatic heterocycles. The van der Waals surface area contributed by atoms with Crippen molar-refractivity contribution in [3.05, 3.63) is 63.9 Å². The van der Waals surface area contributed by atoms with Crippen LogP contribution in [0.5, 0.6) is 0 Å². The second-order valence-corrected chi connectivity index (χ2v) is 10.1. The molecule has 2 aromatic rings. The van der Waals surface area contributed by atoms with Crippen LogP contribution in [0.4, 0.5) is 4.39 Å². The molecule has 1 atom stereocenters. The Bertz CT molecular complexity index is 1000. The van der Waals surface area contributed by atoms with Crippen LogP contribution in [0.15, 0.2) is 47.4 Å². The highest BCUT2D eigenvalue weighted by atomic mass is 35.5. The molecule has 1 amide bonds. The van der Waals surface area contributed by atoms with Crippen molar-refractivity contribution in [2.75, 3.05) is 20.1 Å². The predicted molar refractivity (Wildman–Crippen MR) is 116 cm³/mol. The molecule has 162 valence electrons. The van der Waals surface area contributed by atoms with E-state index in [9.17, 15) is 17.6 Å². The van der Waals surface area contributed by atoms with Gasteiger partial charge >= 0.3 is 0 Å². The van der Waals surface area contributed by atoms with E-state index in [0.717, 1.165) is 5.56 Å². The highest BCUT2D eigenvalue weighted by Gasteiger charge is 2.35. The number of amides is 1. The number of benzene rings is 2. The molecular weight excluding hydrogens is 450 g/mol. The van der Waals surface area contributed by atoms with Gasteiger partial charge in [-0.25, -0.2) is 12.8 Å². The topological polar surface area (TPSA) is 57.7 Å². The fraction of sp³-hybridized carbons (Fsp3) is 0.381. The minimum atomic E-state index is -3.85. The molecule has 1 saturated heterocycles. The SMILES string of the molecule is CC(c1ccc(F)cc1)N(C)C(=O)C1CCN(S(=O)(=O)c2c(Cl)cccc2Cl)CC1. The van der Waals surface area contributed by atoms with Gasteiger partial charge < -0.3 is 4.90 Å². The Labute approximate surface area is 186 Å². The van der Waals surface area contributed by atoms with Gasteiger partial charge in [0.25, 0.3) is 0 Å². The maximum absolute atomic E-state index is 13.2. The standard InChI is InChI=1S/C21H23Cl2FN2O3S/c1-14(15-6-8-17(24)9-7-15)25(2)21(27)16-10-12-26(13-11-16)30(28,29)20-18(22)4-3-5-19(20)23/h3-9,14,16H,10-13H2,1-2H3. The largest absolute Gasteiger partial charge is 0.339 e. The molecule has 0 bridgehead atoms. The van der Waals surface area contributed by atoms with Crippen LogP contribution in [0.2, 0.25) is 10.0 Å². The Morgan fingerprint density at radius 2 is 1.63 bits per heavy atom. The molecular formula is C21H23Cl2FN2O3S. The minimum absolute atomic E-state index is 0.0559. The quantitative estimate of drug-likeness (QED) is 0.630. The van der Waals surface area contributed by atoms with Crippen molar-refractivity contribution in [3.8, 4) is 0 Å². The zero-order valence-electron chi connectivity index (χ0n) is 16.7. The Morgan fingerprint density at radius 3 is 2.17 bits per heavy atom. The summed E-state index contributed by atoms with van der Waals surface area (Å²) >= 11 is 12.2. The van der Waals surface area contributed by atoms with E-state index in [1.165, 1.54) is 28.6 Å². The van der Waals surface area contributed by atoms with Crippen LogP contribution in [0.1, 0.15) is 31.4 Å². The lowest BCUT2D eigenvalue weighted by Gasteiger charge is -2.34. The van der Waals surface area contributed by atoms with Crippen LogP contribution in [-0.4, -0.2) is 43.7 Å². The Balaban J connectivity index is 1.67. The fourth-order valence-electron chi connectivity index (χ4n) is 3.64. The minimum Gasteiger partial charge on any atom is -0.339 e. The molecule has 30 heavy (non-hydrogen) atoms. The Morgan fingerprint density at radius 1 is 1.10 bits per heavy atom. The molecule has 0 saturated carbocycles. The van der Waals surface area contributed by atoms with Crippen molar-refractivity contribution in [1.29, 1.82) is 0 Å². The molecule has 0 radical (unpaired) electrons. The zero-order valence-corrected chi connectivity index (χ0v) is 19.0. The number of rotatable bonds is 5. The summed E-state index contributed by atoms with van der Waals surface area (Å²) in [6, 6.07) is 10.4. The van der Waals surface area contributed by atoms with Crippen molar-refractivity contribution < 1.29 is 17.6 Å². The van der Waals surface area contributed by atoms with Crippen LogP contribution in [0, 0.1) is 11.7 Å². The van der Waals surface area contributed by atoms with Crippen LogP contribution in [-0.2, 0) is 14.8 Å². The summed E-state index contributed by atoms with van der Waals surface area (Å²) in [6.07, 6.45) is 0.807. The van der Waals surface area contributed by atoms with Gasteiger partial charge in [0, 0.05) is 26.1 Å². The number of piperidine rings is 1. The monoisotopic (exact) mass is 472 g/mol. The fourth-order valence-corrected chi connectivity index (χ4v) is 6.21. The van der Waals surface area contributed by atoms with Crippen molar-refractivity contribution >= 4 is 39.1 Å². The van der Waals surface area contributed by atoms with Gasteiger partial charge in [0.05, 0.1) is 16.1 Å². The maximum atomic E-state index is 13.2. The second-order valence-electron chi connectivity index (χ2n) is 7.41. The van der Waals surface area contributed by atoms with Gasteiger partial charge in [-0.3, -0.25) is 4.79 Å². The van der Waals surface area contributed by atoms with Gasteiger partial charge in [0.1, 0.15) is 10.7 Å². The molecule has 9 heteroatoms. The first-order chi connectivity index (χ1) is 14.1. The lowest BCUT2D eigenvalue weighted by molar-refractivity contribution is -0.137. The van der Waals surface area contributed by atoms with Crippen molar-refractivity contribution in [3.63, 3.8) is 0 Å². The van der Waals surface area contributed by atoms with E-state index in [0.29, 0.717) is 12.8 Å². The molecule has 2 aromatic carbocycles. The lowest BCUT2D eigenvalue weighted by Crippen LogP contribution is -2.44. The first-order valence-electron chi connectivity index (χ1n) is 9.59. The molecule has 0 N–H and O–H groups in total. The number of carbonyl (C=O) groups is 1. The van der Waals surface area contributed by atoms with Crippen LogP contribution < -0.4 is 0 Å². The number of carbonyl (C=O) groups excluding carboxylic acids is 1. The van der Waals surface area contributed by atoms with E-state index < -0.39 is 10.0 Å². The smallest absolute Gasteiger partial charge is 0.246 e. The summed E-state index contributed by atoms with van der Waals surface area (Å²) in [6.45, 7) is 2.29. The number of nitrogens with zero attached hydrogens (tertiary/aromatic N) is 2. The molecule has 5 nitrogen and oxygen atoms in total. The molecule has 1 heterocycles. The summed E-state index contributed by atoms with van der Waals surface area (Å²) in [5.74, 6) is -0.669. The zero-order chi connectivity index (χ0) is 22.1. The lowest BCUT2D eigenvalue weighted by atomic mass is 9.95. The molecule has 0 aromatic heterocycles. The predicted octanol–water partition coefficient (Wildman–Crippen LogP) is 4.75. The average molecular weight is 473 g/mol. The van der Waals surface area contributed by atoms with Gasteiger partial charge in [-0.2, -0.15) is 4.31 Å². The highest BCUT2D eigenvalue weighted by molar-refractivity contribution is 7.89. The van der Waals surface area contributed by atoms with Gasteiger partial charge in [-0.1, -0.05) is 41.4 Å². The van der Waals surface area contributed by atoms with E-state index in [1.807, 2.05) is 6.92 Å². The van der Waals surface area contributed by atoms with Gasteiger partial charge in [-0.05, 0) is 49.6 Å². The van der Waals surface area contributed by atoms with Crippen molar-refractivity contribution in [2.45, 2.75) is 30.7 Å². The summed E-state index contributed by atoms with van der Waals surface area (Å²) in [4.78, 5) is 14.5. The second kappa shape index (κ2) is 9.22. The van der Waals surface area contributed by atoms with E-state index in [-0.39, 0.29) is 51.7 Å². The third-order valence-electron chi connectivity index (χ3n) is 5.60. The third-order valence-corrected chi connectivity index (χ3v) is 8.46. The van der Waals surface area contributed by atoms with E-state index in [4.69, 9.17) is 23.2 Å². The van der Waals surface area contributed by atoms with Crippen molar-refractivity contribution in [1.82, 2.24) is 9.21 Å². The molecule has 1 unspecified atom stereocenters. The Hall–Kier alpha value is -1.67. The summed E-state index contributed by atoms with van der Waals surface area (Å²) in [5, 5.41) is 0.155. The normalized spacial score (nSPS) is 17.0. The van der Waals surface area contributed by atoms with Crippen molar-refractivity contribution in [2.24, 2.45) is 5.92 Å². The third kappa shape index (κ3) is 4.64. The molecule has 0 aliphatic carbocycles. The number of halogens is 3. The van der Waals surface area contributed by atoms with E-state index in [2.05, 4.69) is 0 Å². The number of hydrogen-bond donors (Lipinski definition) is 0. The van der Waals surface area contributed by atoms with E-state index >= 15 is 0 Å². The average Bonchev–Trinajstić information content (AvgIpc) is 2.72. The molecule has 3 rings (SSSR count). The summed E-state index contributed by atoms with van der Waals surface area (Å²) in [5.41, 5.74) is 0.834.